The molecule has 1 aromatic carbocycles. The zero-order valence-electron chi connectivity index (χ0n) is 9.43. The zero-order valence-corrected chi connectivity index (χ0v) is 9.43. The molecule has 0 atom stereocenters. The number of hydrogen-bond acceptors (Lipinski definition) is 4. The smallest absolute Gasteiger partial charge is 0.126 e. The Morgan fingerprint density at radius 1 is 1.18 bits per heavy atom. The van der Waals surface area contributed by atoms with E-state index in [4.69, 9.17) is 10.8 Å². The molecule has 0 unspecified atom stereocenters. The molecule has 0 fully saturated rings. The van der Waals surface area contributed by atoms with Crippen molar-refractivity contribution in [3.8, 4) is 0 Å². The van der Waals surface area contributed by atoms with Gasteiger partial charge < -0.3 is 16.2 Å². The summed E-state index contributed by atoms with van der Waals surface area (Å²) in [6.07, 6.45) is 1.62. The fourth-order valence-electron chi connectivity index (χ4n) is 1.54. The summed E-state index contributed by atoms with van der Waals surface area (Å²) in [5, 5.41) is 12.2. The molecule has 4 nitrogen and oxygen atoms in total. The molecule has 1 heterocycles. The topological polar surface area (TPSA) is 71.2 Å². The number of benzene rings is 1. The van der Waals surface area contributed by atoms with E-state index in [1.165, 1.54) is 0 Å². The minimum absolute atomic E-state index is 0.0635. The Labute approximate surface area is 100 Å². The van der Waals surface area contributed by atoms with Gasteiger partial charge in [-0.3, -0.25) is 0 Å². The molecule has 4 heteroatoms. The maximum Gasteiger partial charge on any atom is 0.126 e. The van der Waals surface area contributed by atoms with Gasteiger partial charge in [-0.05, 0) is 23.3 Å². The molecule has 0 saturated carbocycles. The Hall–Kier alpha value is -2.07. The fourth-order valence-corrected chi connectivity index (χ4v) is 1.54. The summed E-state index contributed by atoms with van der Waals surface area (Å²) in [6, 6.07) is 11.4. The number of nitrogen functional groups attached to an aromatic ring is 1. The Bertz CT molecular complexity index is 482. The van der Waals surface area contributed by atoms with Gasteiger partial charge >= 0.3 is 0 Å². The quantitative estimate of drug-likeness (QED) is 0.747. The fraction of sp³-hybridized carbons (Fsp3) is 0.154. The molecule has 0 saturated heterocycles. The monoisotopic (exact) mass is 229 g/mol. The number of anilines is 2. The van der Waals surface area contributed by atoms with Gasteiger partial charge in [-0.25, -0.2) is 4.98 Å². The summed E-state index contributed by atoms with van der Waals surface area (Å²) in [7, 11) is 0. The van der Waals surface area contributed by atoms with Crippen LogP contribution < -0.4 is 11.1 Å². The molecule has 0 aliphatic rings. The Balaban J connectivity index is 1.99. The SMILES string of the molecule is Nc1ccc(NCc2cccc(CO)c2)nc1. The molecular weight excluding hydrogens is 214 g/mol. The van der Waals surface area contributed by atoms with E-state index in [2.05, 4.69) is 10.3 Å². The Kier molecular flexibility index (Phi) is 3.57. The lowest BCUT2D eigenvalue weighted by molar-refractivity contribution is 0.281. The van der Waals surface area contributed by atoms with Crippen molar-refractivity contribution < 1.29 is 5.11 Å². The number of aliphatic hydroxyl groups excluding tert-OH is 1. The van der Waals surface area contributed by atoms with Gasteiger partial charge in [-0.1, -0.05) is 24.3 Å². The lowest BCUT2D eigenvalue weighted by atomic mass is 10.1. The first-order chi connectivity index (χ1) is 8.28. The molecule has 0 aliphatic heterocycles. The van der Waals surface area contributed by atoms with E-state index in [1.807, 2.05) is 30.3 Å². The number of hydrogen-bond donors (Lipinski definition) is 3. The van der Waals surface area contributed by atoms with E-state index >= 15 is 0 Å². The van der Waals surface area contributed by atoms with E-state index < -0.39 is 0 Å². The Morgan fingerprint density at radius 2 is 2.00 bits per heavy atom. The van der Waals surface area contributed by atoms with Gasteiger partial charge in [0.15, 0.2) is 0 Å². The van der Waals surface area contributed by atoms with Crippen LogP contribution in [-0.2, 0) is 13.2 Å². The number of nitrogens with zero attached hydrogens (tertiary/aromatic N) is 1. The largest absolute Gasteiger partial charge is 0.397 e. The molecule has 2 rings (SSSR count). The first kappa shape index (κ1) is 11.4. The number of nitrogens with two attached hydrogens (primary N) is 1. The van der Waals surface area contributed by atoms with E-state index in [0.29, 0.717) is 12.2 Å². The molecular formula is C13H15N3O. The molecule has 17 heavy (non-hydrogen) atoms. The number of nitrogens with one attached hydrogen (secondary N) is 1. The van der Waals surface area contributed by atoms with Crippen molar-refractivity contribution in [3.63, 3.8) is 0 Å². The molecule has 0 radical (unpaired) electrons. The molecule has 0 aliphatic carbocycles. The number of aliphatic hydroxyl groups is 1. The van der Waals surface area contributed by atoms with Gasteiger partial charge in [0.25, 0.3) is 0 Å². The van der Waals surface area contributed by atoms with Crippen LogP contribution in [0.25, 0.3) is 0 Å². The number of aromatic nitrogens is 1. The maximum absolute atomic E-state index is 9.03. The highest BCUT2D eigenvalue weighted by atomic mass is 16.3. The van der Waals surface area contributed by atoms with Crippen molar-refractivity contribution in [1.29, 1.82) is 0 Å². The second kappa shape index (κ2) is 5.32. The molecule has 0 amide bonds. The molecule has 1 aromatic heterocycles. The van der Waals surface area contributed by atoms with Crippen LogP contribution in [0.15, 0.2) is 42.6 Å². The third-order valence-electron chi connectivity index (χ3n) is 2.43. The average molecular weight is 229 g/mol. The van der Waals surface area contributed by atoms with E-state index in [-0.39, 0.29) is 6.61 Å². The van der Waals surface area contributed by atoms with Crippen LogP contribution >= 0.6 is 0 Å². The van der Waals surface area contributed by atoms with Gasteiger partial charge in [0.1, 0.15) is 5.82 Å². The van der Waals surface area contributed by atoms with Crippen molar-refractivity contribution in [3.05, 3.63) is 53.7 Å². The van der Waals surface area contributed by atoms with Crippen molar-refractivity contribution in [1.82, 2.24) is 4.98 Å². The predicted molar refractivity (Wildman–Crippen MR) is 68.3 cm³/mol. The molecule has 0 bridgehead atoms. The second-order valence-electron chi connectivity index (χ2n) is 3.81. The van der Waals surface area contributed by atoms with Gasteiger partial charge in [0, 0.05) is 6.54 Å². The molecule has 88 valence electrons. The van der Waals surface area contributed by atoms with Crippen LogP contribution in [0.3, 0.4) is 0 Å². The van der Waals surface area contributed by atoms with Crippen LogP contribution in [0.2, 0.25) is 0 Å². The zero-order chi connectivity index (χ0) is 12.1. The predicted octanol–water partition coefficient (Wildman–Crippen LogP) is 1.77. The van der Waals surface area contributed by atoms with Crippen LogP contribution in [0.5, 0.6) is 0 Å². The maximum atomic E-state index is 9.03. The molecule has 0 spiro atoms. The van der Waals surface area contributed by atoms with Crippen LogP contribution in [0, 0.1) is 0 Å². The average Bonchev–Trinajstić information content (AvgIpc) is 2.38. The highest BCUT2D eigenvalue weighted by Gasteiger charge is 1.96. The van der Waals surface area contributed by atoms with E-state index in [9.17, 15) is 0 Å². The van der Waals surface area contributed by atoms with Gasteiger partial charge in [0.2, 0.25) is 0 Å². The number of rotatable bonds is 4. The second-order valence-corrected chi connectivity index (χ2v) is 3.81. The first-order valence-corrected chi connectivity index (χ1v) is 5.42. The van der Waals surface area contributed by atoms with Crippen molar-refractivity contribution in [2.45, 2.75) is 13.2 Å². The third kappa shape index (κ3) is 3.19. The van der Waals surface area contributed by atoms with Crippen LogP contribution in [0.4, 0.5) is 11.5 Å². The van der Waals surface area contributed by atoms with Crippen molar-refractivity contribution >= 4 is 11.5 Å². The summed E-state index contributed by atoms with van der Waals surface area (Å²) < 4.78 is 0. The standard InChI is InChI=1S/C13H15N3O/c14-12-4-5-13(16-8-12)15-7-10-2-1-3-11(6-10)9-17/h1-6,8,17H,7,9,14H2,(H,15,16). The Morgan fingerprint density at radius 3 is 2.71 bits per heavy atom. The lowest BCUT2D eigenvalue weighted by Crippen LogP contribution is -2.02. The van der Waals surface area contributed by atoms with E-state index in [1.54, 1.807) is 12.3 Å². The highest BCUT2D eigenvalue weighted by Crippen LogP contribution is 2.10. The molecule has 4 N–H and O–H groups in total. The summed E-state index contributed by atoms with van der Waals surface area (Å²) >= 11 is 0. The van der Waals surface area contributed by atoms with Crippen molar-refractivity contribution in [2.24, 2.45) is 0 Å². The van der Waals surface area contributed by atoms with Gasteiger partial charge in [0.05, 0.1) is 18.5 Å². The van der Waals surface area contributed by atoms with Crippen LogP contribution in [-0.4, -0.2) is 10.1 Å². The summed E-state index contributed by atoms with van der Waals surface area (Å²) in [4.78, 5) is 4.15. The molecule has 2 aromatic rings. The third-order valence-corrected chi connectivity index (χ3v) is 2.43. The lowest BCUT2D eigenvalue weighted by Gasteiger charge is -2.06. The minimum atomic E-state index is 0.0635. The van der Waals surface area contributed by atoms with Gasteiger partial charge in [-0.2, -0.15) is 0 Å². The van der Waals surface area contributed by atoms with E-state index in [0.717, 1.165) is 16.9 Å². The first-order valence-electron chi connectivity index (χ1n) is 5.42. The van der Waals surface area contributed by atoms with Gasteiger partial charge in [-0.15, -0.1) is 0 Å². The minimum Gasteiger partial charge on any atom is -0.397 e. The van der Waals surface area contributed by atoms with Crippen molar-refractivity contribution in [2.75, 3.05) is 11.1 Å². The number of pyridine rings is 1. The summed E-state index contributed by atoms with van der Waals surface area (Å²) in [5.74, 6) is 0.786. The normalized spacial score (nSPS) is 10.2. The van der Waals surface area contributed by atoms with Crippen LogP contribution in [0.1, 0.15) is 11.1 Å². The summed E-state index contributed by atoms with van der Waals surface area (Å²) in [6.45, 7) is 0.735. The highest BCUT2D eigenvalue weighted by molar-refractivity contribution is 5.44. The summed E-state index contributed by atoms with van der Waals surface area (Å²) in [5.41, 5.74) is 8.22.